The maximum absolute atomic E-state index is 12.9. The average Bonchev–Trinajstić information content (AvgIpc) is 2.13. The smallest absolute Gasteiger partial charge is 0.126 e. The van der Waals surface area contributed by atoms with E-state index < -0.39 is 5.82 Å². The summed E-state index contributed by atoms with van der Waals surface area (Å²) < 4.78 is 12.9. The molecule has 0 saturated carbocycles. The molecule has 0 atom stereocenters. The fourth-order valence-electron chi connectivity index (χ4n) is 1.34. The summed E-state index contributed by atoms with van der Waals surface area (Å²) in [6.45, 7) is 7.70. The van der Waals surface area contributed by atoms with Gasteiger partial charge in [-0.3, -0.25) is 0 Å². The van der Waals surface area contributed by atoms with E-state index in [9.17, 15) is 4.39 Å². The SMILES string of the molecule is CC(C)(C)NCCNc1c(Cl)cc(F)cc1Cl. The molecule has 1 aromatic rings. The first-order valence-corrected chi connectivity index (χ1v) is 6.18. The predicted octanol–water partition coefficient (Wildman–Crippen LogP) is 3.93. The van der Waals surface area contributed by atoms with Crippen molar-refractivity contribution in [3.05, 3.63) is 28.0 Å². The Morgan fingerprint density at radius 1 is 1.12 bits per heavy atom. The van der Waals surface area contributed by atoms with E-state index in [1.165, 1.54) is 12.1 Å². The van der Waals surface area contributed by atoms with Crippen molar-refractivity contribution < 1.29 is 4.39 Å². The second-order valence-corrected chi connectivity index (χ2v) is 5.66. The van der Waals surface area contributed by atoms with Crippen LogP contribution in [0.15, 0.2) is 12.1 Å². The highest BCUT2D eigenvalue weighted by Crippen LogP contribution is 2.30. The molecule has 1 aromatic carbocycles. The molecule has 2 N–H and O–H groups in total. The molecule has 0 fully saturated rings. The molecule has 0 radical (unpaired) electrons. The maximum atomic E-state index is 12.9. The van der Waals surface area contributed by atoms with Crippen LogP contribution in [-0.4, -0.2) is 18.6 Å². The Kier molecular flexibility index (Phi) is 5.04. The maximum Gasteiger partial charge on any atom is 0.126 e. The highest BCUT2D eigenvalue weighted by Gasteiger charge is 2.10. The van der Waals surface area contributed by atoms with E-state index in [1.807, 2.05) is 0 Å². The molecule has 5 heteroatoms. The van der Waals surface area contributed by atoms with Crippen molar-refractivity contribution in [3.8, 4) is 0 Å². The van der Waals surface area contributed by atoms with Crippen LogP contribution in [0.4, 0.5) is 10.1 Å². The summed E-state index contributed by atoms with van der Waals surface area (Å²) in [5.74, 6) is -0.432. The second-order valence-electron chi connectivity index (χ2n) is 4.85. The molecule has 0 amide bonds. The number of nitrogens with one attached hydrogen (secondary N) is 2. The third-order valence-corrected chi connectivity index (χ3v) is 2.69. The van der Waals surface area contributed by atoms with Gasteiger partial charge in [-0.05, 0) is 32.9 Å². The number of rotatable bonds is 4. The quantitative estimate of drug-likeness (QED) is 0.816. The standard InChI is InChI=1S/C12H17Cl2FN2/c1-12(2,3)17-5-4-16-11-9(13)6-8(15)7-10(11)14/h6-7,16-17H,4-5H2,1-3H3. The van der Waals surface area contributed by atoms with Crippen LogP contribution in [-0.2, 0) is 0 Å². The van der Waals surface area contributed by atoms with Crippen molar-refractivity contribution in [3.63, 3.8) is 0 Å². The fraction of sp³-hybridized carbons (Fsp3) is 0.500. The first kappa shape index (κ1) is 14.6. The van der Waals surface area contributed by atoms with E-state index in [0.717, 1.165) is 6.54 Å². The Labute approximate surface area is 111 Å². The molecule has 0 aromatic heterocycles. The minimum Gasteiger partial charge on any atom is -0.381 e. The summed E-state index contributed by atoms with van der Waals surface area (Å²) >= 11 is 11.8. The summed E-state index contributed by atoms with van der Waals surface area (Å²) in [6.07, 6.45) is 0. The van der Waals surface area contributed by atoms with Gasteiger partial charge in [0.15, 0.2) is 0 Å². The molecular weight excluding hydrogens is 262 g/mol. The van der Waals surface area contributed by atoms with Gasteiger partial charge >= 0.3 is 0 Å². The fourth-order valence-corrected chi connectivity index (χ4v) is 1.93. The summed E-state index contributed by atoms with van der Waals surface area (Å²) in [5.41, 5.74) is 0.642. The summed E-state index contributed by atoms with van der Waals surface area (Å²) in [6, 6.07) is 2.49. The van der Waals surface area contributed by atoms with Crippen LogP contribution in [0.5, 0.6) is 0 Å². The molecule has 0 bridgehead atoms. The van der Waals surface area contributed by atoms with E-state index in [-0.39, 0.29) is 5.54 Å². The van der Waals surface area contributed by atoms with Crippen LogP contribution < -0.4 is 10.6 Å². The molecule has 0 aliphatic carbocycles. The molecule has 2 nitrogen and oxygen atoms in total. The number of hydrogen-bond donors (Lipinski definition) is 2. The Morgan fingerprint density at radius 3 is 2.12 bits per heavy atom. The van der Waals surface area contributed by atoms with Crippen LogP contribution in [0, 0.1) is 5.82 Å². The molecule has 96 valence electrons. The summed E-state index contributed by atoms with van der Waals surface area (Å²) in [7, 11) is 0. The van der Waals surface area contributed by atoms with Gasteiger partial charge in [0.25, 0.3) is 0 Å². The lowest BCUT2D eigenvalue weighted by Crippen LogP contribution is -2.38. The largest absolute Gasteiger partial charge is 0.381 e. The van der Waals surface area contributed by atoms with Crippen LogP contribution in [0.1, 0.15) is 20.8 Å². The zero-order valence-electron chi connectivity index (χ0n) is 10.2. The lowest BCUT2D eigenvalue weighted by molar-refractivity contribution is 0.435. The third kappa shape index (κ3) is 5.11. The summed E-state index contributed by atoms with van der Waals surface area (Å²) in [4.78, 5) is 0. The van der Waals surface area contributed by atoms with E-state index in [4.69, 9.17) is 23.2 Å². The molecule has 1 rings (SSSR count). The molecule has 0 unspecified atom stereocenters. The van der Waals surface area contributed by atoms with E-state index in [1.54, 1.807) is 0 Å². The normalized spacial score (nSPS) is 11.6. The van der Waals surface area contributed by atoms with Crippen molar-refractivity contribution in [2.24, 2.45) is 0 Å². The molecule has 0 spiro atoms. The zero-order valence-corrected chi connectivity index (χ0v) is 11.7. The number of anilines is 1. The molecule has 0 aliphatic heterocycles. The zero-order chi connectivity index (χ0) is 13.1. The molecule has 0 aliphatic rings. The van der Waals surface area contributed by atoms with E-state index >= 15 is 0 Å². The Bertz CT molecular complexity index is 366. The van der Waals surface area contributed by atoms with E-state index in [0.29, 0.717) is 22.3 Å². The highest BCUT2D eigenvalue weighted by atomic mass is 35.5. The first-order valence-electron chi connectivity index (χ1n) is 5.43. The van der Waals surface area contributed by atoms with Gasteiger partial charge < -0.3 is 10.6 Å². The van der Waals surface area contributed by atoms with Crippen molar-refractivity contribution in [2.45, 2.75) is 26.3 Å². The lowest BCUT2D eigenvalue weighted by Gasteiger charge is -2.21. The molecule has 17 heavy (non-hydrogen) atoms. The predicted molar refractivity (Wildman–Crippen MR) is 72.7 cm³/mol. The van der Waals surface area contributed by atoms with Gasteiger partial charge in [0.05, 0.1) is 15.7 Å². The van der Waals surface area contributed by atoms with Crippen LogP contribution >= 0.6 is 23.2 Å². The van der Waals surface area contributed by atoms with Crippen molar-refractivity contribution >= 4 is 28.9 Å². The van der Waals surface area contributed by atoms with Gasteiger partial charge in [0, 0.05) is 18.6 Å². The number of benzene rings is 1. The van der Waals surface area contributed by atoms with Gasteiger partial charge in [-0.15, -0.1) is 0 Å². The van der Waals surface area contributed by atoms with Crippen LogP contribution in [0.2, 0.25) is 10.0 Å². The monoisotopic (exact) mass is 278 g/mol. The van der Waals surface area contributed by atoms with E-state index in [2.05, 4.69) is 31.4 Å². The average molecular weight is 279 g/mol. The van der Waals surface area contributed by atoms with Gasteiger partial charge in [0.1, 0.15) is 5.82 Å². The van der Waals surface area contributed by atoms with Crippen molar-refractivity contribution in [1.29, 1.82) is 0 Å². The Balaban J connectivity index is 2.53. The topological polar surface area (TPSA) is 24.1 Å². The van der Waals surface area contributed by atoms with Gasteiger partial charge in [-0.1, -0.05) is 23.2 Å². The molecular formula is C12H17Cl2FN2. The minimum absolute atomic E-state index is 0.0675. The minimum atomic E-state index is -0.432. The number of halogens is 3. The first-order chi connectivity index (χ1) is 7.79. The van der Waals surface area contributed by atoms with Gasteiger partial charge in [-0.25, -0.2) is 4.39 Å². The van der Waals surface area contributed by atoms with Crippen LogP contribution in [0.3, 0.4) is 0 Å². The third-order valence-electron chi connectivity index (χ3n) is 2.09. The number of hydrogen-bond acceptors (Lipinski definition) is 2. The Hall–Kier alpha value is -0.510. The molecule has 0 saturated heterocycles. The highest BCUT2D eigenvalue weighted by molar-refractivity contribution is 6.39. The van der Waals surface area contributed by atoms with Crippen molar-refractivity contribution in [1.82, 2.24) is 5.32 Å². The van der Waals surface area contributed by atoms with Gasteiger partial charge in [0.2, 0.25) is 0 Å². The van der Waals surface area contributed by atoms with Crippen LogP contribution in [0.25, 0.3) is 0 Å². The summed E-state index contributed by atoms with van der Waals surface area (Å²) in [5, 5.41) is 7.00. The second kappa shape index (κ2) is 5.89. The van der Waals surface area contributed by atoms with Crippen molar-refractivity contribution in [2.75, 3.05) is 18.4 Å². The molecule has 0 heterocycles. The van der Waals surface area contributed by atoms with Gasteiger partial charge in [-0.2, -0.15) is 0 Å². The Morgan fingerprint density at radius 2 is 1.65 bits per heavy atom. The lowest BCUT2D eigenvalue weighted by atomic mass is 10.1.